The second kappa shape index (κ2) is 7.17. The fourth-order valence-electron chi connectivity index (χ4n) is 1.61. The van der Waals surface area contributed by atoms with Crippen molar-refractivity contribution in [3.8, 4) is 0 Å². The van der Waals surface area contributed by atoms with Gasteiger partial charge in [-0.1, -0.05) is 19.9 Å². The normalized spacial score (nSPS) is 17.0. The summed E-state index contributed by atoms with van der Waals surface area (Å²) < 4.78 is 11.5. The number of rotatable bonds is 8. The third-order valence-electron chi connectivity index (χ3n) is 3.79. The summed E-state index contributed by atoms with van der Waals surface area (Å²) in [7, 11) is 1.77. The van der Waals surface area contributed by atoms with Crippen molar-refractivity contribution in [2.24, 2.45) is 0 Å². The molecule has 0 amide bonds. The first-order valence-electron chi connectivity index (χ1n) is 6.67. The molecule has 0 saturated carbocycles. The second-order valence-electron chi connectivity index (χ2n) is 5.41. The van der Waals surface area contributed by atoms with Gasteiger partial charge in [0.05, 0.1) is 17.8 Å². The fraction of sp³-hybridized carbons (Fsp3) is 0.867. The van der Waals surface area contributed by atoms with Gasteiger partial charge in [-0.25, -0.2) is 0 Å². The zero-order valence-corrected chi connectivity index (χ0v) is 12.7. The molecule has 0 N–H and O–H groups in total. The van der Waals surface area contributed by atoms with E-state index >= 15 is 0 Å². The number of allylic oxidation sites excluding steroid dienone is 1. The Kier molecular flexibility index (Phi) is 7.03. The van der Waals surface area contributed by atoms with Crippen molar-refractivity contribution in [2.45, 2.75) is 72.0 Å². The number of ether oxygens (including phenoxy) is 2. The highest BCUT2D eigenvalue weighted by atomic mass is 16.5. The molecule has 0 aliphatic heterocycles. The lowest BCUT2D eigenvalue weighted by Crippen LogP contribution is -2.32. The summed E-state index contributed by atoms with van der Waals surface area (Å²) in [6.07, 6.45) is 5.23. The highest BCUT2D eigenvalue weighted by molar-refractivity contribution is 5.11. The molecule has 0 aliphatic carbocycles. The van der Waals surface area contributed by atoms with E-state index in [1.807, 2.05) is 0 Å². The molecule has 0 fully saturated rings. The van der Waals surface area contributed by atoms with Crippen molar-refractivity contribution in [3.63, 3.8) is 0 Å². The Bertz CT molecular complexity index is 237. The SMILES string of the molecule is CC/C=C(/C)C(C)(C)OCCC(C)(CC)OC. The lowest BCUT2D eigenvalue weighted by atomic mass is 9.97. The third kappa shape index (κ3) is 5.69. The van der Waals surface area contributed by atoms with Gasteiger partial charge in [-0.05, 0) is 52.5 Å². The number of methoxy groups -OCH3 is 1. The predicted octanol–water partition coefficient (Wildman–Crippen LogP) is 4.34. The molecule has 0 bridgehead atoms. The van der Waals surface area contributed by atoms with Crippen LogP contribution >= 0.6 is 0 Å². The van der Waals surface area contributed by atoms with E-state index in [0.29, 0.717) is 0 Å². The summed E-state index contributed by atoms with van der Waals surface area (Å²) in [5.41, 5.74) is 1.08. The zero-order chi connectivity index (χ0) is 13.5. The van der Waals surface area contributed by atoms with Crippen molar-refractivity contribution >= 4 is 0 Å². The number of hydrogen-bond acceptors (Lipinski definition) is 2. The molecule has 0 radical (unpaired) electrons. The van der Waals surface area contributed by atoms with E-state index in [1.54, 1.807) is 7.11 Å². The topological polar surface area (TPSA) is 18.5 Å². The fourth-order valence-corrected chi connectivity index (χ4v) is 1.61. The van der Waals surface area contributed by atoms with Crippen molar-refractivity contribution in [1.82, 2.24) is 0 Å². The minimum Gasteiger partial charge on any atom is -0.378 e. The van der Waals surface area contributed by atoms with Crippen LogP contribution in [0.5, 0.6) is 0 Å². The minimum absolute atomic E-state index is 0.0571. The standard InChI is InChI=1S/C15H30O2/c1-8-10-13(3)14(4,5)17-12-11-15(6,9-2)16-7/h10H,8-9,11-12H2,1-7H3/b13-10-. The molecule has 0 aromatic carbocycles. The van der Waals surface area contributed by atoms with Crippen LogP contribution in [-0.4, -0.2) is 24.9 Å². The Morgan fingerprint density at radius 2 is 1.76 bits per heavy atom. The van der Waals surface area contributed by atoms with Gasteiger partial charge in [0.2, 0.25) is 0 Å². The van der Waals surface area contributed by atoms with Gasteiger partial charge >= 0.3 is 0 Å². The summed E-state index contributed by atoms with van der Waals surface area (Å²) in [4.78, 5) is 0. The maximum atomic E-state index is 5.99. The largest absolute Gasteiger partial charge is 0.378 e. The van der Waals surface area contributed by atoms with E-state index in [-0.39, 0.29) is 11.2 Å². The maximum Gasteiger partial charge on any atom is 0.0832 e. The van der Waals surface area contributed by atoms with Gasteiger partial charge in [-0.3, -0.25) is 0 Å². The van der Waals surface area contributed by atoms with Crippen molar-refractivity contribution in [2.75, 3.05) is 13.7 Å². The molecular weight excluding hydrogens is 212 g/mol. The van der Waals surface area contributed by atoms with Crippen LogP contribution in [0.25, 0.3) is 0 Å². The first-order chi connectivity index (χ1) is 7.81. The van der Waals surface area contributed by atoms with E-state index in [0.717, 1.165) is 25.9 Å². The van der Waals surface area contributed by atoms with Crippen LogP contribution in [-0.2, 0) is 9.47 Å². The van der Waals surface area contributed by atoms with Gasteiger partial charge in [-0.15, -0.1) is 0 Å². The molecule has 0 spiro atoms. The van der Waals surface area contributed by atoms with E-state index < -0.39 is 0 Å². The van der Waals surface area contributed by atoms with Crippen LogP contribution in [0.4, 0.5) is 0 Å². The molecule has 0 aromatic heterocycles. The molecule has 17 heavy (non-hydrogen) atoms. The van der Waals surface area contributed by atoms with Crippen LogP contribution in [0.1, 0.15) is 60.8 Å². The van der Waals surface area contributed by atoms with Crippen LogP contribution in [0.15, 0.2) is 11.6 Å². The summed E-state index contributed by atoms with van der Waals surface area (Å²) in [5, 5.41) is 0. The van der Waals surface area contributed by atoms with Gasteiger partial charge in [0.15, 0.2) is 0 Å². The quantitative estimate of drug-likeness (QED) is 0.589. The van der Waals surface area contributed by atoms with E-state index in [9.17, 15) is 0 Å². The Morgan fingerprint density at radius 3 is 2.18 bits per heavy atom. The molecule has 2 nitrogen and oxygen atoms in total. The minimum atomic E-state index is -0.168. The molecule has 0 aliphatic rings. The predicted molar refractivity (Wildman–Crippen MR) is 74.4 cm³/mol. The lowest BCUT2D eigenvalue weighted by Gasteiger charge is -2.31. The molecule has 1 unspecified atom stereocenters. The molecular formula is C15H30O2. The lowest BCUT2D eigenvalue weighted by molar-refractivity contribution is -0.0536. The first kappa shape index (κ1) is 16.7. The van der Waals surface area contributed by atoms with Gasteiger partial charge < -0.3 is 9.47 Å². The molecule has 102 valence electrons. The van der Waals surface area contributed by atoms with E-state index in [2.05, 4.69) is 47.6 Å². The molecule has 0 saturated heterocycles. The van der Waals surface area contributed by atoms with E-state index in [4.69, 9.17) is 9.47 Å². The zero-order valence-electron chi connectivity index (χ0n) is 12.7. The molecule has 1 atom stereocenters. The van der Waals surface area contributed by atoms with Gasteiger partial charge in [0.25, 0.3) is 0 Å². The maximum absolute atomic E-state index is 5.99. The van der Waals surface area contributed by atoms with Crippen molar-refractivity contribution < 1.29 is 9.47 Å². The highest BCUT2D eigenvalue weighted by Gasteiger charge is 2.24. The summed E-state index contributed by atoms with van der Waals surface area (Å²) in [6, 6.07) is 0. The molecule has 2 heteroatoms. The molecule has 0 rings (SSSR count). The van der Waals surface area contributed by atoms with Crippen LogP contribution < -0.4 is 0 Å². The van der Waals surface area contributed by atoms with Gasteiger partial charge in [0, 0.05) is 7.11 Å². The smallest absolute Gasteiger partial charge is 0.0832 e. The first-order valence-corrected chi connectivity index (χ1v) is 6.67. The number of hydrogen-bond donors (Lipinski definition) is 0. The van der Waals surface area contributed by atoms with Crippen molar-refractivity contribution in [3.05, 3.63) is 11.6 Å². The van der Waals surface area contributed by atoms with Gasteiger partial charge in [0.1, 0.15) is 0 Å². The van der Waals surface area contributed by atoms with Crippen LogP contribution in [0.2, 0.25) is 0 Å². The van der Waals surface area contributed by atoms with Gasteiger partial charge in [-0.2, -0.15) is 0 Å². The van der Waals surface area contributed by atoms with Crippen LogP contribution in [0, 0.1) is 0 Å². The molecule has 0 aromatic rings. The average Bonchev–Trinajstić information content (AvgIpc) is 2.29. The summed E-state index contributed by atoms with van der Waals surface area (Å²) in [5.74, 6) is 0. The second-order valence-corrected chi connectivity index (χ2v) is 5.41. The Morgan fingerprint density at radius 1 is 1.18 bits per heavy atom. The van der Waals surface area contributed by atoms with E-state index in [1.165, 1.54) is 5.57 Å². The Hall–Kier alpha value is -0.340. The summed E-state index contributed by atoms with van der Waals surface area (Å²) in [6.45, 7) is 13.6. The Labute approximate surface area is 107 Å². The third-order valence-corrected chi connectivity index (χ3v) is 3.79. The highest BCUT2D eigenvalue weighted by Crippen LogP contribution is 2.24. The monoisotopic (exact) mass is 242 g/mol. The molecule has 0 heterocycles. The summed E-state index contributed by atoms with van der Waals surface area (Å²) >= 11 is 0. The van der Waals surface area contributed by atoms with Crippen molar-refractivity contribution in [1.29, 1.82) is 0 Å². The Balaban J connectivity index is 4.24. The average molecular weight is 242 g/mol. The van der Waals surface area contributed by atoms with Crippen LogP contribution in [0.3, 0.4) is 0 Å².